The van der Waals surface area contributed by atoms with Gasteiger partial charge in [-0.1, -0.05) is 27.2 Å². The molecule has 7 heteroatoms. The Balaban J connectivity index is 2.44. The second-order valence-corrected chi connectivity index (χ2v) is 8.94. The summed E-state index contributed by atoms with van der Waals surface area (Å²) in [6, 6.07) is 0.263. The van der Waals surface area contributed by atoms with Crippen LogP contribution >= 0.6 is 0 Å². The van der Waals surface area contributed by atoms with Crippen LogP contribution in [-0.2, 0) is 19.4 Å². The third-order valence-corrected chi connectivity index (χ3v) is 6.06. The van der Waals surface area contributed by atoms with Crippen LogP contribution in [0.15, 0.2) is 0 Å². The molecule has 2 unspecified atom stereocenters. The number of carbonyl (C=O) groups is 1. The monoisotopic (exact) mass is 335 g/mol. The van der Waals surface area contributed by atoms with Crippen LogP contribution in [0.2, 0.25) is 0 Å². The van der Waals surface area contributed by atoms with Gasteiger partial charge in [0, 0.05) is 24.6 Å². The molecule has 1 N–H and O–H groups in total. The molecule has 0 saturated heterocycles. The Morgan fingerprint density at radius 1 is 1.41 bits per heavy atom. The van der Waals surface area contributed by atoms with Crippen LogP contribution in [0.25, 0.3) is 0 Å². The number of carboxylic acid groups (broad SMARTS) is 1. The van der Waals surface area contributed by atoms with Crippen LogP contribution < -0.4 is 0 Å². The van der Waals surface area contributed by atoms with Crippen LogP contribution in [0.3, 0.4) is 0 Å². The SMILES string of the molecule is CCCCOC1CC(N(C)CCS(=O)(=O)CC(=O)O)C1(C)C. The van der Waals surface area contributed by atoms with Crippen molar-refractivity contribution in [3.63, 3.8) is 0 Å². The van der Waals surface area contributed by atoms with Crippen molar-refractivity contribution < 1.29 is 23.1 Å². The number of sulfone groups is 1. The van der Waals surface area contributed by atoms with Crippen LogP contribution in [-0.4, -0.2) is 68.2 Å². The maximum absolute atomic E-state index is 11.6. The van der Waals surface area contributed by atoms with Crippen LogP contribution in [0.1, 0.15) is 40.0 Å². The molecule has 6 nitrogen and oxygen atoms in total. The summed E-state index contributed by atoms with van der Waals surface area (Å²) in [5, 5.41) is 8.59. The van der Waals surface area contributed by atoms with Crippen molar-refractivity contribution in [2.75, 3.05) is 31.7 Å². The summed E-state index contributed by atoms with van der Waals surface area (Å²) in [4.78, 5) is 12.5. The van der Waals surface area contributed by atoms with Gasteiger partial charge in [-0.2, -0.15) is 0 Å². The van der Waals surface area contributed by atoms with Gasteiger partial charge in [-0.05, 0) is 19.9 Å². The van der Waals surface area contributed by atoms with Gasteiger partial charge in [0.05, 0.1) is 11.9 Å². The van der Waals surface area contributed by atoms with Crippen molar-refractivity contribution in [1.29, 1.82) is 0 Å². The Hall–Kier alpha value is -0.660. The molecule has 0 heterocycles. The lowest BCUT2D eigenvalue weighted by molar-refractivity contribution is -0.147. The Kier molecular flexibility index (Phi) is 6.83. The van der Waals surface area contributed by atoms with E-state index in [0.29, 0.717) is 6.54 Å². The van der Waals surface area contributed by atoms with Gasteiger partial charge in [0.25, 0.3) is 0 Å². The van der Waals surface area contributed by atoms with Gasteiger partial charge >= 0.3 is 5.97 Å². The molecule has 130 valence electrons. The topological polar surface area (TPSA) is 83.9 Å². The molecule has 0 aromatic rings. The fraction of sp³-hybridized carbons (Fsp3) is 0.933. The van der Waals surface area contributed by atoms with E-state index in [-0.39, 0.29) is 23.3 Å². The van der Waals surface area contributed by atoms with Crippen molar-refractivity contribution in [3.8, 4) is 0 Å². The van der Waals surface area contributed by atoms with Crippen molar-refractivity contribution in [1.82, 2.24) is 4.90 Å². The van der Waals surface area contributed by atoms with E-state index < -0.39 is 21.6 Å². The third-order valence-electron chi connectivity index (χ3n) is 4.57. The lowest BCUT2D eigenvalue weighted by Gasteiger charge is -2.55. The number of hydrogen-bond donors (Lipinski definition) is 1. The van der Waals surface area contributed by atoms with Crippen LogP contribution in [0.4, 0.5) is 0 Å². The average molecular weight is 335 g/mol. The van der Waals surface area contributed by atoms with E-state index in [0.717, 1.165) is 25.9 Å². The molecule has 2 atom stereocenters. The first-order chi connectivity index (χ1) is 10.1. The first kappa shape index (κ1) is 19.4. The van der Waals surface area contributed by atoms with Crippen LogP contribution in [0.5, 0.6) is 0 Å². The van der Waals surface area contributed by atoms with Gasteiger partial charge in [0.15, 0.2) is 9.84 Å². The normalized spacial score (nSPS) is 24.2. The van der Waals surface area contributed by atoms with Crippen molar-refractivity contribution >= 4 is 15.8 Å². The van der Waals surface area contributed by atoms with Crippen molar-refractivity contribution in [2.45, 2.75) is 52.2 Å². The fourth-order valence-corrected chi connectivity index (χ4v) is 4.05. The van der Waals surface area contributed by atoms with E-state index in [9.17, 15) is 13.2 Å². The first-order valence-corrected chi connectivity index (χ1v) is 9.66. The minimum atomic E-state index is -3.53. The molecule has 0 spiro atoms. The molecule has 0 radical (unpaired) electrons. The standard InChI is InChI=1S/C15H29NO5S/c1-5-6-8-21-13-10-12(15(13,2)3)16(4)7-9-22(19,20)11-14(17)18/h12-13H,5-11H2,1-4H3,(H,17,18). The first-order valence-electron chi connectivity index (χ1n) is 7.84. The maximum Gasteiger partial charge on any atom is 0.318 e. The minimum absolute atomic E-state index is 0.0148. The molecular formula is C15H29NO5S. The van der Waals surface area contributed by atoms with E-state index >= 15 is 0 Å². The van der Waals surface area contributed by atoms with Gasteiger partial charge in [0.1, 0.15) is 5.75 Å². The molecule has 0 aromatic heterocycles. The average Bonchev–Trinajstić information content (AvgIpc) is 2.38. The molecule has 1 rings (SSSR count). The highest BCUT2D eigenvalue weighted by Crippen LogP contribution is 2.45. The van der Waals surface area contributed by atoms with Crippen molar-refractivity contribution in [3.05, 3.63) is 0 Å². The van der Waals surface area contributed by atoms with Crippen molar-refractivity contribution in [2.24, 2.45) is 5.41 Å². The maximum atomic E-state index is 11.6. The molecule has 1 aliphatic rings. The highest BCUT2D eigenvalue weighted by molar-refractivity contribution is 7.92. The summed E-state index contributed by atoms with van der Waals surface area (Å²) in [5.74, 6) is -2.21. The zero-order valence-corrected chi connectivity index (χ0v) is 14.9. The summed E-state index contributed by atoms with van der Waals surface area (Å²) in [7, 11) is -1.64. The fourth-order valence-electron chi connectivity index (χ4n) is 2.96. The minimum Gasteiger partial charge on any atom is -0.480 e. The Morgan fingerprint density at radius 2 is 2.05 bits per heavy atom. The van der Waals surface area contributed by atoms with Gasteiger partial charge < -0.3 is 14.7 Å². The molecule has 1 aliphatic carbocycles. The molecule has 1 fully saturated rings. The van der Waals surface area contributed by atoms with Crippen LogP contribution in [0, 0.1) is 5.41 Å². The largest absolute Gasteiger partial charge is 0.480 e. The molecular weight excluding hydrogens is 306 g/mol. The number of ether oxygens (including phenoxy) is 1. The number of carboxylic acids is 1. The van der Waals surface area contributed by atoms with Gasteiger partial charge in [-0.3, -0.25) is 4.79 Å². The summed E-state index contributed by atoms with van der Waals surface area (Å²) in [6.45, 7) is 7.53. The van der Waals surface area contributed by atoms with Gasteiger partial charge in [-0.15, -0.1) is 0 Å². The molecule has 0 bridgehead atoms. The van der Waals surface area contributed by atoms with Gasteiger partial charge in [-0.25, -0.2) is 8.42 Å². The number of aliphatic carboxylic acids is 1. The Bertz CT molecular complexity index is 474. The van der Waals surface area contributed by atoms with Gasteiger partial charge in [0.2, 0.25) is 0 Å². The molecule has 22 heavy (non-hydrogen) atoms. The molecule has 0 aliphatic heterocycles. The van der Waals surface area contributed by atoms with E-state index in [1.165, 1.54) is 0 Å². The summed E-state index contributed by atoms with van der Waals surface area (Å²) in [5.41, 5.74) is -0.0148. The second-order valence-electron chi connectivity index (χ2n) is 6.75. The molecule has 1 saturated carbocycles. The smallest absolute Gasteiger partial charge is 0.318 e. The zero-order valence-electron chi connectivity index (χ0n) is 14.0. The second kappa shape index (κ2) is 7.75. The predicted octanol–water partition coefficient (Wildman–Crippen LogP) is 1.40. The highest BCUT2D eigenvalue weighted by atomic mass is 32.2. The Morgan fingerprint density at radius 3 is 2.55 bits per heavy atom. The quantitative estimate of drug-likeness (QED) is 0.608. The summed E-state index contributed by atoms with van der Waals surface area (Å²) < 4.78 is 29.2. The number of rotatable bonds is 10. The summed E-state index contributed by atoms with van der Waals surface area (Å²) >= 11 is 0. The molecule has 0 amide bonds. The van der Waals surface area contributed by atoms with E-state index in [1.807, 2.05) is 11.9 Å². The molecule has 0 aromatic carbocycles. The van der Waals surface area contributed by atoms with E-state index in [2.05, 4.69) is 20.8 Å². The number of unbranched alkanes of at least 4 members (excludes halogenated alkanes) is 1. The lowest BCUT2D eigenvalue weighted by Crippen LogP contribution is -2.61. The lowest BCUT2D eigenvalue weighted by atomic mass is 9.64. The summed E-state index contributed by atoms with van der Waals surface area (Å²) in [6.07, 6.45) is 3.27. The van der Waals surface area contributed by atoms with E-state index in [4.69, 9.17) is 9.84 Å². The third kappa shape index (κ3) is 5.21. The highest BCUT2D eigenvalue weighted by Gasteiger charge is 2.50. The predicted molar refractivity (Wildman–Crippen MR) is 85.8 cm³/mol. The number of hydrogen-bond acceptors (Lipinski definition) is 5. The number of nitrogens with zero attached hydrogens (tertiary/aromatic N) is 1. The zero-order chi connectivity index (χ0) is 17.0. The Labute approximate surface area is 133 Å². The van der Waals surface area contributed by atoms with E-state index in [1.54, 1.807) is 0 Å².